The maximum absolute atomic E-state index is 12.5. The van der Waals surface area contributed by atoms with Gasteiger partial charge in [-0.1, -0.05) is 79.6 Å². The molecule has 0 aromatic carbocycles. The molecular weight excluding hydrogens is 444 g/mol. The van der Waals surface area contributed by atoms with Gasteiger partial charge in [0.05, 0.1) is 12.1 Å². The highest BCUT2D eigenvalue weighted by Gasteiger charge is 2.42. The quantitative estimate of drug-likeness (QED) is 0.254. The van der Waals surface area contributed by atoms with Crippen LogP contribution >= 0.6 is 11.8 Å². The summed E-state index contributed by atoms with van der Waals surface area (Å²) in [4.78, 5) is 28.6. The molecule has 3 aliphatic heterocycles. The van der Waals surface area contributed by atoms with Gasteiger partial charge in [-0.2, -0.15) is 11.8 Å². The number of hydrogen-bond acceptors (Lipinski definition) is 4. The first-order valence-electron chi connectivity index (χ1n) is 14.4. The van der Waals surface area contributed by atoms with Gasteiger partial charge in [-0.3, -0.25) is 9.69 Å². The first kappa shape index (κ1) is 31.1. The van der Waals surface area contributed by atoms with Gasteiger partial charge in [0.1, 0.15) is 0 Å². The Kier molecular flexibility index (Phi) is 17.6. The van der Waals surface area contributed by atoms with E-state index in [9.17, 15) is 9.59 Å². The first-order chi connectivity index (χ1) is 16.7. The number of nitrogens with one attached hydrogen (secondary N) is 2. The molecule has 3 unspecified atom stereocenters. The molecule has 2 N–H and O–H groups in total. The van der Waals surface area contributed by atoms with Crippen molar-refractivity contribution in [2.24, 2.45) is 0 Å². The Morgan fingerprint density at radius 2 is 1.53 bits per heavy atom. The zero-order chi connectivity index (χ0) is 25.2. The van der Waals surface area contributed by atoms with Gasteiger partial charge in [0.15, 0.2) is 0 Å². The van der Waals surface area contributed by atoms with Crippen molar-refractivity contribution in [1.29, 1.82) is 0 Å². The summed E-state index contributed by atoms with van der Waals surface area (Å²) < 4.78 is 0. The lowest BCUT2D eigenvalue weighted by Gasteiger charge is -2.34. The summed E-state index contributed by atoms with van der Waals surface area (Å²) in [7, 11) is 0. The number of hydrogen-bond donors (Lipinski definition) is 2. The van der Waals surface area contributed by atoms with E-state index < -0.39 is 0 Å². The van der Waals surface area contributed by atoms with Gasteiger partial charge in [-0.05, 0) is 25.8 Å². The third-order valence-electron chi connectivity index (χ3n) is 6.87. The van der Waals surface area contributed by atoms with E-state index in [0.717, 1.165) is 51.2 Å². The second-order valence-corrected chi connectivity index (χ2v) is 10.5. The number of rotatable bonds is 13. The fourth-order valence-corrected chi connectivity index (χ4v) is 6.48. The van der Waals surface area contributed by atoms with E-state index in [1.54, 1.807) is 0 Å². The molecule has 3 rings (SSSR count). The van der Waals surface area contributed by atoms with Gasteiger partial charge < -0.3 is 15.5 Å². The highest BCUT2D eigenvalue weighted by atomic mass is 32.2. The van der Waals surface area contributed by atoms with E-state index >= 15 is 0 Å². The second kappa shape index (κ2) is 19.3. The van der Waals surface area contributed by atoms with Crippen LogP contribution in [0.1, 0.15) is 105 Å². The fourth-order valence-electron chi connectivity index (χ4n) is 4.94. The number of urea groups is 1. The average Bonchev–Trinajstić information content (AvgIpc) is 3.43. The largest absolute Gasteiger partial charge is 0.340 e. The van der Waals surface area contributed by atoms with Gasteiger partial charge in [-0.15, -0.1) is 0 Å². The molecule has 3 atom stereocenters. The molecule has 3 heterocycles. The van der Waals surface area contributed by atoms with Crippen molar-refractivity contribution in [3.63, 3.8) is 0 Å². The maximum Gasteiger partial charge on any atom is 0.315 e. The predicted molar refractivity (Wildman–Crippen MR) is 148 cm³/mol. The van der Waals surface area contributed by atoms with Gasteiger partial charge in [0.25, 0.3) is 0 Å². The number of nitrogens with zero attached hydrogens (tertiary/aromatic N) is 2. The lowest BCUT2D eigenvalue weighted by molar-refractivity contribution is -0.133. The molecule has 0 aromatic heterocycles. The Morgan fingerprint density at radius 1 is 0.882 bits per heavy atom. The number of fused-ring (bicyclic) bond motifs is 1. The first-order valence-corrected chi connectivity index (χ1v) is 15.4. The summed E-state index contributed by atoms with van der Waals surface area (Å²) in [6.07, 6.45) is 13.3. The van der Waals surface area contributed by atoms with Crippen LogP contribution in [0.3, 0.4) is 0 Å². The zero-order valence-electron chi connectivity index (χ0n) is 22.9. The van der Waals surface area contributed by atoms with Crippen LogP contribution in [-0.4, -0.2) is 77.5 Å². The molecule has 6 nitrogen and oxygen atoms in total. The molecule has 0 aliphatic carbocycles. The molecule has 200 valence electrons. The van der Waals surface area contributed by atoms with E-state index in [0.29, 0.717) is 23.6 Å². The smallest absolute Gasteiger partial charge is 0.315 e. The molecule has 3 aliphatic rings. The molecule has 7 heteroatoms. The van der Waals surface area contributed by atoms with E-state index in [-0.39, 0.29) is 12.1 Å². The summed E-state index contributed by atoms with van der Waals surface area (Å²) in [6.45, 7) is 15.3. The van der Waals surface area contributed by atoms with E-state index in [4.69, 9.17) is 0 Å². The van der Waals surface area contributed by atoms with Crippen LogP contribution in [0.4, 0.5) is 4.79 Å². The molecule has 0 aromatic rings. The van der Waals surface area contributed by atoms with Crippen molar-refractivity contribution in [1.82, 2.24) is 20.4 Å². The van der Waals surface area contributed by atoms with Crippen molar-refractivity contribution in [2.75, 3.05) is 38.5 Å². The highest BCUT2D eigenvalue weighted by Crippen LogP contribution is 2.33. The summed E-state index contributed by atoms with van der Waals surface area (Å²) in [5.74, 6) is 1.34. The van der Waals surface area contributed by atoms with Crippen molar-refractivity contribution in [3.05, 3.63) is 0 Å². The highest BCUT2D eigenvalue weighted by molar-refractivity contribution is 8.00. The summed E-state index contributed by atoms with van der Waals surface area (Å²) >= 11 is 1.96. The Bertz CT molecular complexity index is 541. The Hall–Kier alpha value is -0.950. The van der Waals surface area contributed by atoms with Crippen molar-refractivity contribution in [3.8, 4) is 0 Å². The standard InChI is InChI=1S/C23H42N4O2S.2C2H6/c1-2-3-4-5-6-7-10-13-26-14-16-27(17-15-26)21(28)12-9-8-11-20-22-19(18-30-20)24-23(29)25-22;2*1-2/h19-20,22H,2-18H2,1H3,(H2,24,25,29);2*1-2H3. The van der Waals surface area contributed by atoms with Crippen LogP contribution in [0, 0.1) is 0 Å². The molecule has 0 bridgehead atoms. The third kappa shape index (κ3) is 11.2. The van der Waals surface area contributed by atoms with E-state index in [1.165, 1.54) is 51.5 Å². The molecule has 0 radical (unpaired) electrons. The number of carbonyl (C=O) groups excluding carboxylic acids is 2. The fraction of sp³-hybridized carbons (Fsp3) is 0.926. The van der Waals surface area contributed by atoms with Crippen LogP contribution in [-0.2, 0) is 4.79 Å². The second-order valence-electron chi connectivity index (χ2n) is 9.21. The van der Waals surface area contributed by atoms with Crippen molar-refractivity contribution < 1.29 is 9.59 Å². The van der Waals surface area contributed by atoms with Gasteiger partial charge in [0.2, 0.25) is 5.91 Å². The number of thioether (sulfide) groups is 1. The predicted octanol–water partition coefficient (Wildman–Crippen LogP) is 5.66. The molecular formula is C27H54N4O2S. The molecule has 0 spiro atoms. The number of unbranched alkanes of at least 4 members (excludes halogenated alkanes) is 7. The average molecular weight is 499 g/mol. The Balaban J connectivity index is 0.00000137. The topological polar surface area (TPSA) is 64.7 Å². The lowest BCUT2D eigenvalue weighted by Crippen LogP contribution is -2.48. The van der Waals surface area contributed by atoms with Gasteiger partial charge in [0, 0.05) is 43.6 Å². The third-order valence-corrected chi connectivity index (χ3v) is 8.38. The maximum atomic E-state index is 12.5. The SMILES string of the molecule is CC.CC.CCCCCCCCCN1CCN(C(=O)CCCCC2SCC3NC(=O)NC32)CC1. The van der Waals surface area contributed by atoms with Crippen molar-refractivity contribution in [2.45, 2.75) is 123 Å². The molecule has 3 fully saturated rings. The monoisotopic (exact) mass is 498 g/mol. The lowest BCUT2D eigenvalue weighted by atomic mass is 10.0. The molecule has 3 saturated heterocycles. The molecule has 3 amide bonds. The minimum atomic E-state index is -0.0170. The van der Waals surface area contributed by atoms with Crippen LogP contribution < -0.4 is 10.6 Å². The van der Waals surface area contributed by atoms with Crippen LogP contribution in [0.2, 0.25) is 0 Å². The molecule has 0 saturated carbocycles. The number of carbonyl (C=O) groups is 2. The Labute approximate surface area is 214 Å². The zero-order valence-corrected chi connectivity index (χ0v) is 23.7. The minimum absolute atomic E-state index is 0.0170. The number of piperazine rings is 1. The van der Waals surface area contributed by atoms with Crippen molar-refractivity contribution >= 4 is 23.7 Å². The summed E-state index contributed by atoms with van der Waals surface area (Å²) in [5.41, 5.74) is 0. The van der Waals surface area contributed by atoms with Crippen LogP contribution in [0.25, 0.3) is 0 Å². The number of amides is 3. The molecule has 34 heavy (non-hydrogen) atoms. The summed E-state index contributed by atoms with van der Waals surface area (Å²) in [6, 6.07) is 0.561. The van der Waals surface area contributed by atoms with Gasteiger partial charge in [-0.25, -0.2) is 4.79 Å². The normalized spacial score (nSPS) is 23.7. The van der Waals surface area contributed by atoms with Crippen LogP contribution in [0.5, 0.6) is 0 Å². The van der Waals surface area contributed by atoms with Gasteiger partial charge >= 0.3 is 6.03 Å². The summed E-state index contributed by atoms with van der Waals surface area (Å²) in [5, 5.41) is 6.54. The van der Waals surface area contributed by atoms with E-state index in [2.05, 4.69) is 27.4 Å². The van der Waals surface area contributed by atoms with E-state index in [1.807, 2.05) is 39.5 Å². The minimum Gasteiger partial charge on any atom is -0.340 e. The Morgan fingerprint density at radius 3 is 2.21 bits per heavy atom. The van der Waals surface area contributed by atoms with Crippen LogP contribution in [0.15, 0.2) is 0 Å².